The number of benzene rings is 6. The van der Waals surface area contributed by atoms with Crippen LogP contribution in [0, 0.1) is 0 Å². The Morgan fingerprint density at radius 1 is 0.571 bits per heavy atom. The highest BCUT2D eigenvalue weighted by molar-refractivity contribution is 5.70. The number of carboxylic acids is 1. The highest BCUT2D eigenvalue weighted by Crippen LogP contribution is 2.42. The van der Waals surface area contributed by atoms with Crippen LogP contribution in [0.4, 0.5) is 0 Å². The number of nitrogens with one attached hydrogen (secondary N) is 1. The summed E-state index contributed by atoms with van der Waals surface area (Å²) >= 11 is 0. The van der Waals surface area contributed by atoms with Gasteiger partial charge in [0.25, 0.3) is 0 Å². The molecule has 91 heavy (non-hydrogen) atoms. The van der Waals surface area contributed by atoms with E-state index in [-0.39, 0.29) is 64.7 Å². The highest BCUT2D eigenvalue weighted by Gasteiger charge is 2.40. The number of rotatable bonds is 23. The van der Waals surface area contributed by atoms with Crippen LogP contribution in [0.25, 0.3) is 0 Å². The van der Waals surface area contributed by atoms with Crippen molar-refractivity contribution >= 4 is 17.9 Å². The molecule has 3 aromatic heterocycles. The summed E-state index contributed by atoms with van der Waals surface area (Å²) in [6.45, 7) is 7.96. The lowest BCUT2D eigenvalue weighted by molar-refractivity contribution is -0.158. The third-order valence-corrected chi connectivity index (χ3v) is 14.9. The number of carbonyl (C=O) groups excluding carboxylic acids is 2. The fourth-order valence-electron chi connectivity index (χ4n) is 10.7. The lowest BCUT2D eigenvalue weighted by Crippen LogP contribution is -2.36. The Bertz CT molecular complexity index is 3360. The number of H-pyrrole nitrogens is 1. The summed E-state index contributed by atoms with van der Waals surface area (Å²) in [5.41, 5.74) is 7.91. The summed E-state index contributed by atoms with van der Waals surface area (Å²) in [5.74, 6) is -2.62. The maximum atomic E-state index is 12.4. The summed E-state index contributed by atoms with van der Waals surface area (Å²) in [4.78, 5) is 50.5. The molecule has 11 rings (SSSR count). The maximum absolute atomic E-state index is 12.4. The van der Waals surface area contributed by atoms with Crippen molar-refractivity contribution in [2.75, 3.05) is 39.6 Å². The molecule has 0 radical (unpaired) electrons. The first kappa shape index (κ1) is 69.6. The van der Waals surface area contributed by atoms with Gasteiger partial charge < -0.3 is 63.0 Å². The zero-order valence-corrected chi connectivity index (χ0v) is 51.2. The predicted molar refractivity (Wildman–Crippen MR) is 343 cm³/mol. The Labute approximate surface area is 532 Å². The van der Waals surface area contributed by atoms with E-state index >= 15 is 0 Å². The van der Waals surface area contributed by atoms with Crippen molar-refractivity contribution in [2.45, 2.75) is 115 Å². The van der Waals surface area contributed by atoms with E-state index in [0.29, 0.717) is 32.5 Å². The first-order valence-corrected chi connectivity index (χ1v) is 30.0. The van der Waals surface area contributed by atoms with E-state index in [1.807, 2.05) is 126 Å². The van der Waals surface area contributed by atoms with Crippen LogP contribution in [-0.4, -0.2) is 137 Å². The number of aromatic amines is 1. The number of aliphatic hydroxyl groups is 3. The van der Waals surface area contributed by atoms with E-state index in [4.69, 9.17) is 53.8 Å². The van der Waals surface area contributed by atoms with Crippen molar-refractivity contribution < 1.29 is 63.2 Å². The zero-order chi connectivity index (χ0) is 63.8. The van der Waals surface area contributed by atoms with Gasteiger partial charge in [-0.15, -0.1) is 0 Å². The monoisotopic (exact) mass is 1240 g/mol. The number of imidazole rings is 3. The number of nitrogens with zero attached hydrogens (tertiary/aromatic N) is 5. The third kappa shape index (κ3) is 19.1. The number of carboxylic acid groups (broad SMARTS) is 1. The number of ether oxygens (including phenoxy) is 6. The molecular weight excluding hydrogens is 1160 g/mol. The summed E-state index contributed by atoms with van der Waals surface area (Å²) in [5, 5.41) is 35.0. The highest BCUT2D eigenvalue weighted by atomic mass is 16.8. The largest absolute Gasteiger partial charge is 0.481 e. The van der Waals surface area contributed by atoms with Gasteiger partial charge in [-0.25, -0.2) is 15.0 Å². The summed E-state index contributed by atoms with van der Waals surface area (Å²) in [6, 6.07) is 62.3. The Morgan fingerprint density at radius 3 is 1.27 bits per heavy atom. The molecule has 0 saturated carbocycles. The van der Waals surface area contributed by atoms with Gasteiger partial charge in [-0.2, -0.15) is 0 Å². The molecule has 9 aromatic rings. The minimum atomic E-state index is -0.999. The van der Waals surface area contributed by atoms with E-state index in [1.54, 1.807) is 6.20 Å². The molecule has 19 heteroatoms. The van der Waals surface area contributed by atoms with Crippen LogP contribution >= 0.6 is 0 Å². The number of aromatic nitrogens is 6. The van der Waals surface area contributed by atoms with Gasteiger partial charge in [-0.3, -0.25) is 14.4 Å². The second-order valence-electron chi connectivity index (χ2n) is 22.4. The number of aryl methyl sites for hydroxylation is 3. The van der Waals surface area contributed by atoms with Crippen LogP contribution in [0.5, 0.6) is 0 Å². The molecule has 0 amide bonds. The molecule has 2 fully saturated rings. The lowest BCUT2D eigenvalue weighted by Gasteiger charge is -2.37. The first-order valence-electron chi connectivity index (χ1n) is 30.0. The molecule has 0 bridgehead atoms. The molecule has 3 atom stereocenters. The molecule has 6 aromatic carbocycles. The van der Waals surface area contributed by atoms with E-state index in [2.05, 4.69) is 133 Å². The third-order valence-electron chi connectivity index (χ3n) is 14.9. The quantitative estimate of drug-likeness (QED) is 0.0295. The lowest BCUT2D eigenvalue weighted by atomic mass is 9.77. The molecule has 5 N–H and O–H groups in total. The number of esters is 2. The van der Waals surface area contributed by atoms with Gasteiger partial charge in [-0.1, -0.05) is 189 Å². The SMILES string of the molecule is C.CC1(C)OCC(CO)O1.CC1(C)OCC(COC(=O)CCc2cn(C(c3ccccc3)(c3ccccc3)c3ccccc3)cn2)O1.O=C(CCc1cnc[nH]1)OCC(O)CO.O=C(O)CCc1cn(C(c2ccccc2)(c2ccccc2)c2ccccc2)cn1. The Kier molecular flexibility index (Phi) is 25.8. The summed E-state index contributed by atoms with van der Waals surface area (Å²) in [6.07, 6.45) is 11.4. The van der Waals surface area contributed by atoms with Crippen molar-refractivity contribution in [3.63, 3.8) is 0 Å². The fourth-order valence-corrected chi connectivity index (χ4v) is 10.7. The molecular formula is C72H84N6O13. The molecule has 5 heterocycles. The minimum Gasteiger partial charge on any atom is -0.481 e. The predicted octanol–water partition coefficient (Wildman–Crippen LogP) is 10.1. The van der Waals surface area contributed by atoms with Crippen LogP contribution in [0.15, 0.2) is 220 Å². The molecule has 2 saturated heterocycles. The van der Waals surface area contributed by atoms with Crippen LogP contribution in [0.1, 0.15) is 105 Å². The Balaban J connectivity index is 0.000000192. The Hall–Kier alpha value is -8.92. The van der Waals surface area contributed by atoms with Gasteiger partial charge >= 0.3 is 17.9 Å². The van der Waals surface area contributed by atoms with Crippen molar-refractivity contribution in [3.05, 3.63) is 270 Å². The first-order chi connectivity index (χ1) is 43.5. The van der Waals surface area contributed by atoms with Crippen molar-refractivity contribution in [3.8, 4) is 0 Å². The fraction of sp³-hybridized carbons (Fsp3) is 0.333. The smallest absolute Gasteiger partial charge is 0.306 e. The van der Waals surface area contributed by atoms with Crippen molar-refractivity contribution in [2.24, 2.45) is 0 Å². The van der Waals surface area contributed by atoms with Gasteiger partial charge in [0.1, 0.15) is 42.6 Å². The molecule has 2 aliphatic rings. The minimum absolute atomic E-state index is 0. The average Bonchev–Trinajstić information content (AvgIpc) is 1.70. The van der Waals surface area contributed by atoms with Gasteiger partial charge in [-0.05, 0) is 67.5 Å². The average molecular weight is 1240 g/mol. The topological polar surface area (TPSA) is 252 Å². The second-order valence-corrected chi connectivity index (χ2v) is 22.4. The van der Waals surface area contributed by atoms with Gasteiger partial charge in [0.15, 0.2) is 11.6 Å². The van der Waals surface area contributed by atoms with E-state index in [9.17, 15) is 14.4 Å². The zero-order valence-electron chi connectivity index (χ0n) is 51.2. The maximum Gasteiger partial charge on any atom is 0.306 e. The summed E-state index contributed by atoms with van der Waals surface area (Å²) < 4.78 is 36.0. The van der Waals surface area contributed by atoms with E-state index in [0.717, 1.165) is 50.5 Å². The number of hydrogen-bond acceptors (Lipinski definition) is 15. The molecule has 480 valence electrons. The Morgan fingerprint density at radius 2 is 0.945 bits per heavy atom. The molecule has 19 nitrogen and oxygen atoms in total. The van der Waals surface area contributed by atoms with Crippen LogP contribution < -0.4 is 0 Å². The summed E-state index contributed by atoms with van der Waals surface area (Å²) in [7, 11) is 0. The van der Waals surface area contributed by atoms with Gasteiger partial charge in [0.2, 0.25) is 0 Å². The molecule has 0 spiro atoms. The second kappa shape index (κ2) is 33.8. The van der Waals surface area contributed by atoms with Gasteiger partial charge in [0, 0.05) is 37.1 Å². The van der Waals surface area contributed by atoms with E-state index in [1.165, 1.54) is 6.33 Å². The number of hydrogen-bond donors (Lipinski definition) is 5. The molecule has 2 aliphatic heterocycles. The normalized spacial score (nSPS) is 15.8. The molecule has 0 aliphatic carbocycles. The van der Waals surface area contributed by atoms with Crippen LogP contribution in [0.2, 0.25) is 0 Å². The van der Waals surface area contributed by atoms with E-state index < -0.39 is 47.3 Å². The standard InChI is InChI=1S/C31H32N2O4.C25H22N2O2.C9H14N2O4.C6H12O3.CH4/c1-30(2)36-22-28(37-30)21-35-29(34)19-18-27-20-33(23-32-27)31(24-12-6-3-7-13-24,25-14-8-4-9-15-25)26-16-10-5-11-17-26;28-24(29)17-16-23-18-27(19-26-23)25(20-10-4-1-5-11-20,21-12-6-2-7-13-21)22-14-8-3-9-15-22;12-4-8(13)5-15-9(14)2-1-7-3-10-6-11-7;1-6(2)8-4-5(3-7)9-6;/h3-17,20,23,28H,18-19,21-22H2,1-2H3;1-15,18-19H,16-17H2,(H,28,29);3,6,8,12-13H,1-2,4-5H2,(H,10,11);5,7H,3-4H2,1-2H3;1H4. The van der Waals surface area contributed by atoms with Crippen molar-refractivity contribution in [1.82, 2.24) is 29.1 Å². The van der Waals surface area contributed by atoms with Crippen molar-refractivity contribution in [1.29, 1.82) is 0 Å². The van der Waals surface area contributed by atoms with Crippen LogP contribution in [0.3, 0.4) is 0 Å². The number of aliphatic hydroxyl groups excluding tert-OH is 3. The number of carbonyl (C=O) groups is 3. The van der Waals surface area contributed by atoms with Gasteiger partial charge in [0.05, 0.1) is 76.1 Å². The van der Waals surface area contributed by atoms with Crippen LogP contribution in [-0.2, 0) is 73.1 Å². The molecule has 3 unspecified atom stereocenters. The number of aliphatic carboxylic acids is 1.